The standard InChI is InChI=1S/C3H7N.B/c1-2-3-4;/h2H,1,3-4H2;. The molecule has 0 bridgehead atoms. The van der Waals surface area contributed by atoms with E-state index >= 15 is 0 Å². The minimum Gasteiger partial charge on any atom is -0.327 e. The van der Waals surface area contributed by atoms with E-state index in [1.807, 2.05) is 0 Å². The van der Waals surface area contributed by atoms with Crippen molar-refractivity contribution in [1.29, 1.82) is 0 Å². The fraction of sp³-hybridized carbons (Fsp3) is 0.333. The van der Waals surface area contributed by atoms with Gasteiger partial charge >= 0.3 is 0 Å². The maximum absolute atomic E-state index is 4.91. The molecule has 0 spiro atoms. The lowest BCUT2D eigenvalue weighted by molar-refractivity contribution is 1.26. The summed E-state index contributed by atoms with van der Waals surface area (Å²) in [4.78, 5) is 0. The minimum absolute atomic E-state index is 0. The van der Waals surface area contributed by atoms with Crippen molar-refractivity contribution in [3.8, 4) is 0 Å². The van der Waals surface area contributed by atoms with Gasteiger partial charge in [0.25, 0.3) is 0 Å². The topological polar surface area (TPSA) is 26.0 Å². The zero-order valence-electron chi connectivity index (χ0n) is 3.15. The van der Waals surface area contributed by atoms with E-state index in [1.54, 1.807) is 6.08 Å². The third kappa shape index (κ3) is 20.0. The van der Waals surface area contributed by atoms with Crippen LogP contribution in [0.4, 0.5) is 0 Å². The summed E-state index contributed by atoms with van der Waals surface area (Å²) in [5.41, 5.74) is 4.91. The molecule has 0 rings (SSSR count). The van der Waals surface area contributed by atoms with E-state index in [4.69, 9.17) is 5.73 Å². The molecule has 0 aliphatic carbocycles. The summed E-state index contributed by atoms with van der Waals surface area (Å²) in [5, 5.41) is 0. The summed E-state index contributed by atoms with van der Waals surface area (Å²) in [6, 6.07) is 0. The van der Waals surface area contributed by atoms with Gasteiger partial charge in [0.15, 0.2) is 0 Å². The van der Waals surface area contributed by atoms with Crippen LogP contribution in [0.2, 0.25) is 0 Å². The van der Waals surface area contributed by atoms with Crippen LogP contribution in [0.1, 0.15) is 0 Å². The summed E-state index contributed by atoms with van der Waals surface area (Å²) in [6.07, 6.45) is 1.65. The highest BCUT2D eigenvalue weighted by Gasteiger charge is 1.43. The Morgan fingerprint density at radius 2 is 2.00 bits per heavy atom. The molecule has 0 atom stereocenters. The Labute approximate surface area is 34.4 Å². The molecule has 0 unspecified atom stereocenters. The zero-order chi connectivity index (χ0) is 3.41. The third-order valence-electron chi connectivity index (χ3n) is 0.167. The Bertz CT molecular complexity index is 20.9. The van der Waals surface area contributed by atoms with Gasteiger partial charge < -0.3 is 5.73 Å². The number of rotatable bonds is 1. The highest BCUT2D eigenvalue weighted by molar-refractivity contribution is 5.75. The maximum Gasteiger partial charge on any atom is 0.0104 e. The van der Waals surface area contributed by atoms with Crippen molar-refractivity contribution >= 4 is 8.41 Å². The van der Waals surface area contributed by atoms with E-state index in [-0.39, 0.29) is 8.41 Å². The van der Waals surface area contributed by atoms with Crippen LogP contribution in [-0.4, -0.2) is 15.0 Å². The van der Waals surface area contributed by atoms with Gasteiger partial charge in [0.1, 0.15) is 0 Å². The van der Waals surface area contributed by atoms with Crippen LogP contribution in [-0.2, 0) is 0 Å². The highest BCUT2D eigenvalue weighted by atomic mass is 14.5. The smallest absolute Gasteiger partial charge is 0.0104 e. The van der Waals surface area contributed by atoms with Crippen LogP contribution in [0, 0.1) is 0 Å². The minimum atomic E-state index is 0. The molecular formula is C3H7BN. The average molecular weight is 67.9 g/mol. The van der Waals surface area contributed by atoms with Crippen LogP contribution in [0.3, 0.4) is 0 Å². The van der Waals surface area contributed by atoms with Gasteiger partial charge in [0, 0.05) is 15.0 Å². The molecule has 0 aromatic heterocycles. The van der Waals surface area contributed by atoms with E-state index in [0.29, 0.717) is 6.54 Å². The molecule has 0 aromatic rings. The molecule has 0 fully saturated rings. The Morgan fingerprint density at radius 1 is 1.80 bits per heavy atom. The molecule has 0 amide bonds. The Morgan fingerprint density at radius 3 is 2.00 bits per heavy atom. The summed E-state index contributed by atoms with van der Waals surface area (Å²) < 4.78 is 0. The van der Waals surface area contributed by atoms with E-state index in [2.05, 4.69) is 6.58 Å². The molecule has 1 nitrogen and oxygen atoms in total. The third-order valence-corrected chi connectivity index (χ3v) is 0.167. The van der Waals surface area contributed by atoms with E-state index < -0.39 is 0 Å². The fourth-order valence-corrected chi connectivity index (χ4v) is 0. The van der Waals surface area contributed by atoms with Gasteiger partial charge in [-0.15, -0.1) is 6.58 Å². The van der Waals surface area contributed by atoms with Crippen molar-refractivity contribution in [2.24, 2.45) is 5.73 Å². The Hall–Kier alpha value is -0.235. The van der Waals surface area contributed by atoms with Gasteiger partial charge in [-0.05, 0) is 0 Å². The monoisotopic (exact) mass is 68.1 g/mol. The lowest BCUT2D eigenvalue weighted by Crippen LogP contribution is -1.90. The first-order valence-electron chi connectivity index (χ1n) is 1.22. The second kappa shape index (κ2) is 9.24. The van der Waals surface area contributed by atoms with Gasteiger partial charge in [-0.2, -0.15) is 0 Å². The first kappa shape index (κ1) is 8.83. The summed E-state index contributed by atoms with van der Waals surface area (Å²) >= 11 is 0. The lowest BCUT2D eigenvalue weighted by Gasteiger charge is -1.61. The second-order valence-corrected chi connectivity index (χ2v) is 0.524. The zero-order valence-corrected chi connectivity index (χ0v) is 3.15. The molecular weight excluding hydrogens is 60.9 g/mol. The van der Waals surface area contributed by atoms with E-state index in [9.17, 15) is 0 Å². The van der Waals surface area contributed by atoms with Crippen LogP contribution >= 0.6 is 0 Å². The summed E-state index contributed by atoms with van der Waals surface area (Å²) in [6.45, 7) is 3.94. The molecule has 27 valence electrons. The number of nitrogens with two attached hydrogens (primary N) is 1. The molecule has 5 heavy (non-hydrogen) atoms. The molecule has 2 heteroatoms. The van der Waals surface area contributed by atoms with Crippen LogP contribution in [0.5, 0.6) is 0 Å². The number of hydrogen-bond donors (Lipinski definition) is 1. The van der Waals surface area contributed by atoms with E-state index in [0.717, 1.165) is 0 Å². The maximum atomic E-state index is 4.91. The van der Waals surface area contributed by atoms with Crippen molar-refractivity contribution in [3.05, 3.63) is 12.7 Å². The molecule has 0 saturated heterocycles. The molecule has 0 aromatic carbocycles. The molecule has 0 aliphatic rings. The number of hydrogen-bond acceptors (Lipinski definition) is 1. The second-order valence-electron chi connectivity index (χ2n) is 0.524. The Kier molecular flexibility index (Phi) is 16.3. The van der Waals surface area contributed by atoms with Crippen LogP contribution in [0.25, 0.3) is 0 Å². The van der Waals surface area contributed by atoms with Gasteiger partial charge in [-0.25, -0.2) is 0 Å². The highest BCUT2D eigenvalue weighted by Crippen LogP contribution is 1.40. The quantitative estimate of drug-likeness (QED) is 0.332. The normalized spacial score (nSPS) is 5.00. The van der Waals surface area contributed by atoms with Crippen LogP contribution < -0.4 is 5.73 Å². The first-order chi connectivity index (χ1) is 1.91. The average Bonchev–Trinajstić information content (AvgIpc) is 1.37. The van der Waals surface area contributed by atoms with Crippen molar-refractivity contribution < 1.29 is 0 Å². The Balaban J connectivity index is 0. The SMILES string of the molecule is C=CCN.[B]. The predicted molar refractivity (Wildman–Crippen MR) is 25.0 cm³/mol. The molecule has 0 aliphatic heterocycles. The van der Waals surface area contributed by atoms with Gasteiger partial charge in [0.05, 0.1) is 0 Å². The van der Waals surface area contributed by atoms with Crippen molar-refractivity contribution in [2.75, 3.05) is 6.54 Å². The van der Waals surface area contributed by atoms with E-state index in [1.165, 1.54) is 0 Å². The lowest BCUT2D eigenvalue weighted by atomic mass is 10.7. The predicted octanol–water partition coefficient (Wildman–Crippen LogP) is -0.250. The first-order valence-corrected chi connectivity index (χ1v) is 1.22. The van der Waals surface area contributed by atoms with Crippen molar-refractivity contribution in [2.45, 2.75) is 0 Å². The fourth-order valence-electron chi connectivity index (χ4n) is 0. The van der Waals surface area contributed by atoms with Crippen LogP contribution in [0.15, 0.2) is 12.7 Å². The molecule has 0 heterocycles. The largest absolute Gasteiger partial charge is 0.327 e. The molecule has 0 saturated carbocycles. The van der Waals surface area contributed by atoms with Crippen molar-refractivity contribution in [1.82, 2.24) is 0 Å². The van der Waals surface area contributed by atoms with Gasteiger partial charge in [-0.1, -0.05) is 6.08 Å². The summed E-state index contributed by atoms with van der Waals surface area (Å²) in [7, 11) is 0. The van der Waals surface area contributed by atoms with Gasteiger partial charge in [0.2, 0.25) is 0 Å². The molecule has 2 N–H and O–H groups in total. The molecule has 3 radical (unpaired) electrons. The summed E-state index contributed by atoms with van der Waals surface area (Å²) in [5.74, 6) is 0. The van der Waals surface area contributed by atoms with Crippen molar-refractivity contribution in [3.63, 3.8) is 0 Å². The van der Waals surface area contributed by atoms with Gasteiger partial charge in [-0.3, -0.25) is 0 Å².